The third-order valence-corrected chi connectivity index (χ3v) is 3.74. The van der Waals surface area contributed by atoms with Gasteiger partial charge in [-0.05, 0) is 36.6 Å². The van der Waals surface area contributed by atoms with Crippen LogP contribution >= 0.6 is 0 Å². The second-order valence-corrected chi connectivity index (χ2v) is 5.52. The zero-order valence-electron chi connectivity index (χ0n) is 12.8. The van der Waals surface area contributed by atoms with E-state index in [4.69, 9.17) is 0 Å². The van der Waals surface area contributed by atoms with Crippen molar-refractivity contribution in [3.63, 3.8) is 0 Å². The molecule has 23 heavy (non-hydrogen) atoms. The van der Waals surface area contributed by atoms with Gasteiger partial charge in [-0.2, -0.15) is 13.2 Å². The Balaban J connectivity index is 2.10. The average Bonchev–Trinajstić information content (AvgIpc) is 2.78. The monoisotopic (exact) mass is 326 g/mol. The van der Waals surface area contributed by atoms with Crippen molar-refractivity contribution in [1.82, 2.24) is 10.2 Å². The molecule has 124 valence electrons. The van der Waals surface area contributed by atoms with Crippen LogP contribution in [0.5, 0.6) is 0 Å². The Bertz CT molecular complexity index is 653. The van der Waals surface area contributed by atoms with Crippen LogP contribution in [0.4, 0.5) is 13.2 Å². The van der Waals surface area contributed by atoms with Crippen molar-refractivity contribution < 1.29 is 22.8 Å². The van der Waals surface area contributed by atoms with E-state index in [1.165, 1.54) is 23.1 Å². The summed E-state index contributed by atoms with van der Waals surface area (Å²) in [6.07, 6.45) is -2.70. The van der Waals surface area contributed by atoms with Gasteiger partial charge in [-0.15, -0.1) is 0 Å². The summed E-state index contributed by atoms with van der Waals surface area (Å²) in [6, 6.07) is 4.20. The summed E-state index contributed by atoms with van der Waals surface area (Å²) in [7, 11) is 1.65. The topological polar surface area (TPSA) is 49.4 Å². The Hall–Kier alpha value is -2.31. The third-order valence-electron chi connectivity index (χ3n) is 3.74. The second kappa shape index (κ2) is 6.44. The van der Waals surface area contributed by atoms with Crippen molar-refractivity contribution in [3.05, 3.63) is 41.5 Å². The Kier molecular flexibility index (Phi) is 4.77. The molecule has 4 nitrogen and oxygen atoms in total. The number of nitrogens with one attached hydrogen (secondary N) is 1. The summed E-state index contributed by atoms with van der Waals surface area (Å²) in [5, 5.41) is 2.58. The van der Waals surface area contributed by atoms with Crippen molar-refractivity contribution in [3.8, 4) is 0 Å². The second-order valence-electron chi connectivity index (χ2n) is 5.52. The molecular weight excluding hydrogens is 309 g/mol. The first-order valence-corrected chi connectivity index (χ1v) is 7.10. The van der Waals surface area contributed by atoms with Crippen LogP contribution in [0.2, 0.25) is 0 Å². The van der Waals surface area contributed by atoms with Gasteiger partial charge in [-0.3, -0.25) is 9.59 Å². The van der Waals surface area contributed by atoms with Crippen LogP contribution in [0.25, 0.3) is 5.57 Å². The van der Waals surface area contributed by atoms with E-state index in [0.717, 1.165) is 12.1 Å². The molecule has 0 bridgehead atoms. The third kappa shape index (κ3) is 4.12. The first-order chi connectivity index (χ1) is 10.7. The van der Waals surface area contributed by atoms with Gasteiger partial charge in [-0.25, -0.2) is 0 Å². The van der Waals surface area contributed by atoms with Crippen LogP contribution in [0, 0.1) is 0 Å². The zero-order valence-corrected chi connectivity index (χ0v) is 12.8. The van der Waals surface area contributed by atoms with E-state index < -0.39 is 23.7 Å². The highest BCUT2D eigenvalue weighted by Crippen LogP contribution is 2.30. The minimum atomic E-state index is -4.43. The lowest BCUT2D eigenvalue weighted by Crippen LogP contribution is -2.39. The standard InChI is InChI=1S/C16H17F3N2O2/c1-10(11-4-3-5-12(9-11)16(17,18)19)8-14(22)20-13-6-7-21(2)15(13)23/h3-5,8-9,13H,6-7H2,1-2H3,(H,20,22)/b10-8+. The molecule has 7 heteroatoms. The number of benzene rings is 1. The normalized spacial score (nSPS) is 19.2. The van der Waals surface area contributed by atoms with E-state index in [9.17, 15) is 22.8 Å². The lowest BCUT2D eigenvalue weighted by atomic mass is 10.0. The predicted molar refractivity (Wildman–Crippen MR) is 79.3 cm³/mol. The highest BCUT2D eigenvalue weighted by molar-refractivity contribution is 5.98. The number of nitrogens with zero attached hydrogens (tertiary/aromatic N) is 1. The maximum absolute atomic E-state index is 12.7. The molecule has 1 aromatic carbocycles. The number of amides is 2. The molecule has 2 rings (SSSR count). The largest absolute Gasteiger partial charge is 0.416 e. The molecule has 0 aliphatic carbocycles. The molecule has 1 aromatic rings. The minimum absolute atomic E-state index is 0.163. The molecule has 0 radical (unpaired) electrons. The Labute approximate surface area is 132 Å². The van der Waals surface area contributed by atoms with Gasteiger partial charge in [0, 0.05) is 19.7 Å². The van der Waals surface area contributed by atoms with Crippen LogP contribution in [0.1, 0.15) is 24.5 Å². The maximum atomic E-state index is 12.7. The van der Waals surface area contributed by atoms with Crippen molar-refractivity contribution in [2.75, 3.05) is 13.6 Å². The number of allylic oxidation sites excluding steroid dienone is 1. The Morgan fingerprint density at radius 1 is 1.39 bits per heavy atom. The van der Waals surface area contributed by atoms with Crippen molar-refractivity contribution in [2.24, 2.45) is 0 Å². The number of rotatable bonds is 3. The number of halogens is 3. The van der Waals surface area contributed by atoms with Crippen LogP contribution < -0.4 is 5.32 Å². The molecule has 0 spiro atoms. The highest BCUT2D eigenvalue weighted by Gasteiger charge is 2.31. The van der Waals surface area contributed by atoms with E-state index in [0.29, 0.717) is 24.1 Å². The molecule has 1 atom stereocenters. The fourth-order valence-electron chi connectivity index (χ4n) is 2.39. The number of carbonyl (C=O) groups is 2. The van der Waals surface area contributed by atoms with Crippen LogP contribution in [0.15, 0.2) is 30.3 Å². The van der Waals surface area contributed by atoms with Crippen molar-refractivity contribution in [1.29, 1.82) is 0 Å². The number of hydrogen-bond donors (Lipinski definition) is 1. The Morgan fingerprint density at radius 2 is 2.09 bits per heavy atom. The molecule has 1 heterocycles. The van der Waals surface area contributed by atoms with Gasteiger partial charge in [0.05, 0.1) is 5.56 Å². The van der Waals surface area contributed by atoms with Gasteiger partial charge in [0.25, 0.3) is 0 Å². The summed E-state index contributed by atoms with van der Waals surface area (Å²) in [4.78, 5) is 25.2. The molecule has 0 saturated carbocycles. The number of likely N-dealkylation sites (tertiary alicyclic amines) is 1. The quantitative estimate of drug-likeness (QED) is 0.868. The van der Waals surface area contributed by atoms with E-state index in [2.05, 4.69) is 5.32 Å². The first kappa shape index (κ1) is 17.1. The minimum Gasteiger partial charge on any atom is -0.344 e. The molecule has 1 saturated heterocycles. The molecule has 1 N–H and O–H groups in total. The van der Waals surface area contributed by atoms with E-state index >= 15 is 0 Å². The number of alkyl halides is 3. The highest BCUT2D eigenvalue weighted by atomic mass is 19.4. The van der Waals surface area contributed by atoms with Gasteiger partial charge in [0.2, 0.25) is 11.8 Å². The van der Waals surface area contributed by atoms with Crippen LogP contribution in [-0.2, 0) is 15.8 Å². The molecular formula is C16H17F3N2O2. The van der Waals surface area contributed by atoms with Gasteiger partial charge < -0.3 is 10.2 Å². The smallest absolute Gasteiger partial charge is 0.344 e. The number of hydrogen-bond acceptors (Lipinski definition) is 2. The average molecular weight is 326 g/mol. The van der Waals surface area contributed by atoms with Crippen molar-refractivity contribution >= 4 is 17.4 Å². The molecule has 1 aliphatic heterocycles. The molecule has 1 unspecified atom stereocenters. The zero-order chi connectivity index (χ0) is 17.2. The predicted octanol–water partition coefficient (Wildman–Crippen LogP) is 2.46. The first-order valence-electron chi connectivity index (χ1n) is 7.10. The maximum Gasteiger partial charge on any atom is 0.416 e. The van der Waals surface area contributed by atoms with E-state index in [-0.39, 0.29) is 5.91 Å². The Morgan fingerprint density at radius 3 is 2.65 bits per heavy atom. The fourth-order valence-corrected chi connectivity index (χ4v) is 2.39. The molecule has 1 fully saturated rings. The molecule has 2 amide bonds. The molecule has 0 aromatic heterocycles. The van der Waals surface area contributed by atoms with Gasteiger partial charge in [0.15, 0.2) is 0 Å². The van der Waals surface area contributed by atoms with Gasteiger partial charge >= 0.3 is 6.18 Å². The van der Waals surface area contributed by atoms with Crippen LogP contribution in [0.3, 0.4) is 0 Å². The van der Waals surface area contributed by atoms with E-state index in [1.807, 2.05) is 0 Å². The number of carbonyl (C=O) groups excluding carboxylic acids is 2. The fraction of sp³-hybridized carbons (Fsp3) is 0.375. The van der Waals surface area contributed by atoms with Gasteiger partial charge in [0.1, 0.15) is 6.04 Å². The SMILES string of the molecule is C/C(=C\C(=O)NC1CCN(C)C1=O)c1cccc(C(F)(F)F)c1. The lowest BCUT2D eigenvalue weighted by Gasteiger charge is -2.12. The summed E-state index contributed by atoms with van der Waals surface area (Å²) < 4.78 is 38.1. The van der Waals surface area contributed by atoms with Crippen molar-refractivity contribution in [2.45, 2.75) is 25.6 Å². The summed E-state index contributed by atoms with van der Waals surface area (Å²) in [5.74, 6) is -0.656. The summed E-state index contributed by atoms with van der Waals surface area (Å²) in [6.45, 7) is 2.12. The number of likely N-dealkylation sites (N-methyl/N-ethyl adjacent to an activating group) is 1. The van der Waals surface area contributed by atoms with Gasteiger partial charge in [-0.1, -0.05) is 12.1 Å². The van der Waals surface area contributed by atoms with E-state index in [1.54, 1.807) is 14.0 Å². The lowest BCUT2D eigenvalue weighted by molar-refractivity contribution is -0.137. The van der Waals surface area contributed by atoms with Crippen LogP contribution in [-0.4, -0.2) is 36.3 Å². The molecule has 1 aliphatic rings. The summed E-state index contributed by atoms with van der Waals surface area (Å²) >= 11 is 0. The summed E-state index contributed by atoms with van der Waals surface area (Å²) in [5.41, 5.74) is -0.0620.